The van der Waals surface area contributed by atoms with Crippen molar-refractivity contribution in [2.24, 2.45) is 0 Å². The molecule has 1 rings (SSSR count). The zero-order valence-electron chi connectivity index (χ0n) is 9.67. The van der Waals surface area contributed by atoms with Gasteiger partial charge in [0, 0.05) is 6.42 Å². The van der Waals surface area contributed by atoms with Gasteiger partial charge in [0.1, 0.15) is 0 Å². The van der Waals surface area contributed by atoms with E-state index in [-0.39, 0.29) is 24.3 Å². The summed E-state index contributed by atoms with van der Waals surface area (Å²) in [5, 5.41) is 17.0. The van der Waals surface area contributed by atoms with Gasteiger partial charge < -0.3 is 5.11 Å². The molecule has 0 spiro atoms. The van der Waals surface area contributed by atoms with Gasteiger partial charge in [0.25, 0.3) is 0 Å². The molecule has 0 saturated heterocycles. The fourth-order valence-corrected chi connectivity index (χ4v) is 2.87. The van der Waals surface area contributed by atoms with E-state index in [2.05, 4.69) is 0 Å². The SMILES string of the molecule is N#Cc1ccc(CS(=O)(=O)CCCC(=O)O)cc1. The van der Waals surface area contributed by atoms with E-state index in [1.165, 1.54) is 0 Å². The van der Waals surface area contributed by atoms with E-state index in [4.69, 9.17) is 10.4 Å². The Morgan fingerprint density at radius 1 is 1.28 bits per heavy atom. The summed E-state index contributed by atoms with van der Waals surface area (Å²) in [4.78, 5) is 10.3. The molecular weight excluding hydrogens is 254 g/mol. The molecule has 0 aromatic heterocycles. The van der Waals surface area contributed by atoms with Gasteiger partial charge in [-0.2, -0.15) is 5.26 Å². The minimum atomic E-state index is -3.30. The maximum absolute atomic E-state index is 11.7. The molecule has 0 bridgehead atoms. The van der Waals surface area contributed by atoms with Gasteiger partial charge in [-0.25, -0.2) is 8.42 Å². The van der Waals surface area contributed by atoms with Crippen molar-refractivity contribution in [1.82, 2.24) is 0 Å². The topological polar surface area (TPSA) is 95.2 Å². The summed E-state index contributed by atoms with van der Waals surface area (Å²) in [6.07, 6.45) is -0.0272. The highest BCUT2D eigenvalue weighted by atomic mass is 32.2. The smallest absolute Gasteiger partial charge is 0.303 e. The Bertz CT molecular complexity index is 555. The standard InChI is InChI=1S/C12H13NO4S/c13-8-10-3-5-11(6-4-10)9-18(16,17)7-1-2-12(14)15/h3-6H,1-2,7,9H2,(H,14,15). The Kier molecular flexibility index (Phi) is 4.86. The third-order valence-electron chi connectivity index (χ3n) is 2.32. The first-order valence-electron chi connectivity index (χ1n) is 5.34. The molecule has 0 radical (unpaired) electrons. The van der Waals surface area contributed by atoms with Crippen molar-refractivity contribution in [3.8, 4) is 6.07 Å². The Hall–Kier alpha value is -1.87. The van der Waals surface area contributed by atoms with Crippen LogP contribution in [0.25, 0.3) is 0 Å². The normalized spacial score (nSPS) is 10.8. The minimum Gasteiger partial charge on any atom is -0.481 e. The van der Waals surface area contributed by atoms with Crippen LogP contribution in [-0.2, 0) is 20.4 Å². The van der Waals surface area contributed by atoms with Crippen LogP contribution in [0.3, 0.4) is 0 Å². The maximum atomic E-state index is 11.7. The predicted molar refractivity (Wildman–Crippen MR) is 65.5 cm³/mol. The maximum Gasteiger partial charge on any atom is 0.303 e. The molecule has 0 aliphatic carbocycles. The molecule has 1 aromatic carbocycles. The van der Waals surface area contributed by atoms with Gasteiger partial charge in [-0.3, -0.25) is 4.79 Å². The zero-order valence-corrected chi connectivity index (χ0v) is 10.5. The van der Waals surface area contributed by atoms with E-state index in [0.717, 1.165) is 0 Å². The largest absolute Gasteiger partial charge is 0.481 e. The molecule has 6 heteroatoms. The van der Waals surface area contributed by atoms with E-state index < -0.39 is 15.8 Å². The number of aliphatic carboxylic acids is 1. The van der Waals surface area contributed by atoms with E-state index in [1.807, 2.05) is 6.07 Å². The minimum absolute atomic E-state index is 0.119. The van der Waals surface area contributed by atoms with Gasteiger partial charge in [0.15, 0.2) is 9.84 Å². The number of nitrogens with zero attached hydrogens (tertiary/aromatic N) is 1. The molecule has 0 amide bonds. The zero-order chi connectivity index (χ0) is 13.6. The molecule has 1 N–H and O–H groups in total. The second kappa shape index (κ2) is 6.17. The van der Waals surface area contributed by atoms with E-state index in [0.29, 0.717) is 11.1 Å². The van der Waals surface area contributed by atoms with Crippen molar-refractivity contribution in [1.29, 1.82) is 5.26 Å². The number of hydrogen-bond acceptors (Lipinski definition) is 4. The molecule has 0 fully saturated rings. The molecule has 0 aliphatic heterocycles. The Balaban J connectivity index is 2.59. The molecular formula is C12H13NO4S. The highest BCUT2D eigenvalue weighted by molar-refractivity contribution is 7.90. The monoisotopic (exact) mass is 267 g/mol. The first kappa shape index (κ1) is 14.2. The molecule has 96 valence electrons. The lowest BCUT2D eigenvalue weighted by molar-refractivity contribution is -0.137. The fourth-order valence-electron chi connectivity index (χ4n) is 1.44. The molecule has 0 atom stereocenters. The van der Waals surface area contributed by atoms with E-state index in [1.54, 1.807) is 24.3 Å². The van der Waals surface area contributed by atoms with Crippen molar-refractivity contribution in [2.75, 3.05) is 5.75 Å². The number of rotatable bonds is 6. The first-order chi connectivity index (χ1) is 8.43. The van der Waals surface area contributed by atoms with Crippen molar-refractivity contribution in [3.63, 3.8) is 0 Å². The number of benzene rings is 1. The average molecular weight is 267 g/mol. The lowest BCUT2D eigenvalue weighted by atomic mass is 10.2. The van der Waals surface area contributed by atoms with Crippen LogP contribution in [0.1, 0.15) is 24.0 Å². The van der Waals surface area contributed by atoms with Crippen LogP contribution in [0.2, 0.25) is 0 Å². The van der Waals surface area contributed by atoms with Crippen LogP contribution in [0.4, 0.5) is 0 Å². The summed E-state index contributed by atoms with van der Waals surface area (Å²) < 4.78 is 23.4. The van der Waals surface area contributed by atoms with Crippen LogP contribution >= 0.6 is 0 Å². The van der Waals surface area contributed by atoms with Gasteiger partial charge in [-0.1, -0.05) is 12.1 Å². The molecule has 18 heavy (non-hydrogen) atoms. The number of carbonyl (C=O) groups is 1. The lowest BCUT2D eigenvalue weighted by Crippen LogP contribution is -2.10. The van der Waals surface area contributed by atoms with Gasteiger partial charge in [0.2, 0.25) is 0 Å². The van der Waals surface area contributed by atoms with Crippen LogP contribution in [-0.4, -0.2) is 25.2 Å². The summed E-state index contributed by atoms with van der Waals surface area (Å²) in [5.41, 5.74) is 1.08. The summed E-state index contributed by atoms with van der Waals surface area (Å²) in [7, 11) is -3.30. The van der Waals surface area contributed by atoms with Crippen LogP contribution in [0.15, 0.2) is 24.3 Å². The number of sulfone groups is 1. The Labute approximate surface area is 106 Å². The van der Waals surface area contributed by atoms with Gasteiger partial charge in [-0.05, 0) is 24.1 Å². The summed E-state index contributed by atoms with van der Waals surface area (Å²) in [5.74, 6) is -1.26. The van der Waals surface area contributed by atoms with Crippen LogP contribution < -0.4 is 0 Å². The van der Waals surface area contributed by atoms with Crippen molar-refractivity contribution >= 4 is 15.8 Å². The lowest BCUT2D eigenvalue weighted by Gasteiger charge is -2.03. The second-order valence-electron chi connectivity index (χ2n) is 3.90. The molecule has 0 heterocycles. The number of carboxylic acids is 1. The summed E-state index contributed by atoms with van der Waals surface area (Å²) in [6, 6.07) is 8.25. The molecule has 0 unspecified atom stereocenters. The van der Waals surface area contributed by atoms with Crippen molar-refractivity contribution in [3.05, 3.63) is 35.4 Å². The van der Waals surface area contributed by atoms with Gasteiger partial charge >= 0.3 is 5.97 Å². The van der Waals surface area contributed by atoms with Crippen LogP contribution in [0.5, 0.6) is 0 Å². The third-order valence-corrected chi connectivity index (χ3v) is 4.00. The Morgan fingerprint density at radius 3 is 2.39 bits per heavy atom. The highest BCUT2D eigenvalue weighted by Crippen LogP contribution is 2.10. The van der Waals surface area contributed by atoms with Crippen LogP contribution in [0, 0.1) is 11.3 Å². The molecule has 1 aromatic rings. The van der Waals surface area contributed by atoms with Crippen molar-refractivity contribution in [2.45, 2.75) is 18.6 Å². The van der Waals surface area contributed by atoms with E-state index >= 15 is 0 Å². The second-order valence-corrected chi connectivity index (χ2v) is 6.08. The van der Waals surface area contributed by atoms with E-state index in [9.17, 15) is 13.2 Å². The average Bonchev–Trinajstić information content (AvgIpc) is 2.28. The first-order valence-corrected chi connectivity index (χ1v) is 7.16. The third kappa shape index (κ3) is 4.97. The quantitative estimate of drug-likeness (QED) is 0.839. The van der Waals surface area contributed by atoms with Gasteiger partial charge in [-0.15, -0.1) is 0 Å². The Morgan fingerprint density at radius 2 is 1.89 bits per heavy atom. The number of hydrogen-bond donors (Lipinski definition) is 1. The molecule has 0 saturated carbocycles. The van der Waals surface area contributed by atoms with Gasteiger partial charge in [0.05, 0.1) is 23.1 Å². The number of carboxylic acid groups (broad SMARTS) is 1. The summed E-state index contributed by atoms with van der Waals surface area (Å²) in [6.45, 7) is 0. The molecule has 5 nitrogen and oxygen atoms in total. The predicted octanol–water partition coefficient (Wildman–Crippen LogP) is 1.34. The van der Waals surface area contributed by atoms with Crippen molar-refractivity contribution < 1.29 is 18.3 Å². The highest BCUT2D eigenvalue weighted by Gasteiger charge is 2.12. The number of nitriles is 1. The molecule has 0 aliphatic rings. The summed E-state index contributed by atoms with van der Waals surface area (Å²) >= 11 is 0. The fraction of sp³-hybridized carbons (Fsp3) is 0.333.